The van der Waals surface area contributed by atoms with Crippen LogP contribution >= 0.6 is 0 Å². The van der Waals surface area contributed by atoms with Crippen LogP contribution in [0.3, 0.4) is 0 Å². The minimum Gasteiger partial charge on any atom is -0.494 e. The molecule has 1 aliphatic carbocycles. The summed E-state index contributed by atoms with van der Waals surface area (Å²) in [6.07, 6.45) is 2.48. The number of para-hydroxylation sites is 1. The van der Waals surface area contributed by atoms with Gasteiger partial charge in [0.15, 0.2) is 0 Å². The van der Waals surface area contributed by atoms with E-state index in [0.29, 0.717) is 12.5 Å². The van der Waals surface area contributed by atoms with Crippen molar-refractivity contribution in [3.8, 4) is 5.75 Å². The van der Waals surface area contributed by atoms with Gasteiger partial charge in [-0.1, -0.05) is 18.2 Å². The van der Waals surface area contributed by atoms with E-state index in [1.165, 1.54) is 12.8 Å². The maximum atomic E-state index is 11.6. The fourth-order valence-electron chi connectivity index (χ4n) is 1.98. The lowest BCUT2D eigenvalue weighted by atomic mass is 10.0. The number of rotatable bonds is 7. The van der Waals surface area contributed by atoms with E-state index >= 15 is 0 Å². The fraction of sp³-hybridized carbons (Fsp3) is 0.500. The number of hydrogen-bond acceptors (Lipinski definition) is 3. The normalized spacial score (nSPS) is 16.3. The second-order valence-corrected chi connectivity index (χ2v) is 4.66. The first-order valence-electron chi connectivity index (χ1n) is 6.46. The Hall–Kier alpha value is -1.55. The number of amides is 1. The Kier molecular flexibility index (Phi) is 4.20. The molecule has 2 rings (SSSR count). The zero-order valence-electron chi connectivity index (χ0n) is 10.7. The molecule has 1 saturated carbocycles. The van der Waals surface area contributed by atoms with E-state index in [1.54, 1.807) is 0 Å². The molecule has 0 radical (unpaired) electrons. The van der Waals surface area contributed by atoms with Crippen LogP contribution in [0.25, 0.3) is 0 Å². The van der Waals surface area contributed by atoms with Crippen LogP contribution in [0.2, 0.25) is 0 Å². The highest BCUT2D eigenvalue weighted by Crippen LogP contribution is 2.30. The minimum absolute atomic E-state index is 0.359. The Morgan fingerprint density at radius 3 is 2.83 bits per heavy atom. The van der Waals surface area contributed by atoms with Crippen molar-refractivity contribution in [1.29, 1.82) is 0 Å². The zero-order valence-corrected chi connectivity index (χ0v) is 10.7. The molecule has 0 saturated heterocycles. The van der Waals surface area contributed by atoms with E-state index in [1.807, 2.05) is 31.2 Å². The van der Waals surface area contributed by atoms with Crippen LogP contribution in [0, 0.1) is 5.92 Å². The average molecular weight is 248 g/mol. The SMILES string of the molecule is CCOc1ccccc1C(NCC1CC1)C(N)=O. The molecule has 1 aliphatic rings. The topological polar surface area (TPSA) is 64.3 Å². The van der Waals surface area contributed by atoms with Crippen molar-refractivity contribution in [1.82, 2.24) is 5.32 Å². The van der Waals surface area contributed by atoms with Gasteiger partial charge in [-0.25, -0.2) is 0 Å². The number of ether oxygens (including phenoxy) is 1. The van der Waals surface area contributed by atoms with Crippen molar-refractivity contribution in [3.05, 3.63) is 29.8 Å². The van der Waals surface area contributed by atoms with Crippen molar-refractivity contribution in [2.45, 2.75) is 25.8 Å². The quantitative estimate of drug-likeness (QED) is 0.770. The number of hydrogen-bond donors (Lipinski definition) is 2. The van der Waals surface area contributed by atoms with Gasteiger partial charge in [0.2, 0.25) is 5.91 Å². The van der Waals surface area contributed by atoms with Gasteiger partial charge in [-0.3, -0.25) is 4.79 Å². The van der Waals surface area contributed by atoms with Gasteiger partial charge >= 0.3 is 0 Å². The molecule has 4 heteroatoms. The van der Waals surface area contributed by atoms with E-state index in [4.69, 9.17) is 10.5 Å². The first-order valence-corrected chi connectivity index (χ1v) is 6.46. The summed E-state index contributed by atoms with van der Waals surface area (Å²) in [5, 5.41) is 3.24. The van der Waals surface area contributed by atoms with Crippen LogP contribution in [0.5, 0.6) is 5.75 Å². The molecule has 1 aromatic carbocycles. The largest absolute Gasteiger partial charge is 0.494 e. The first kappa shape index (κ1) is 12.9. The molecular formula is C14H20N2O2. The van der Waals surface area contributed by atoms with E-state index in [0.717, 1.165) is 17.9 Å². The summed E-state index contributed by atoms with van der Waals surface area (Å²) in [5.41, 5.74) is 6.31. The Labute approximate surface area is 108 Å². The number of primary amides is 1. The van der Waals surface area contributed by atoms with E-state index in [-0.39, 0.29) is 5.91 Å². The van der Waals surface area contributed by atoms with Crippen molar-refractivity contribution < 1.29 is 9.53 Å². The smallest absolute Gasteiger partial charge is 0.239 e. The highest BCUT2D eigenvalue weighted by atomic mass is 16.5. The van der Waals surface area contributed by atoms with Gasteiger partial charge in [0.05, 0.1) is 6.61 Å². The molecule has 1 aromatic rings. The van der Waals surface area contributed by atoms with E-state index < -0.39 is 6.04 Å². The van der Waals surface area contributed by atoms with Crippen LogP contribution in [-0.4, -0.2) is 19.1 Å². The molecule has 0 heterocycles. The van der Waals surface area contributed by atoms with Crippen LogP contribution in [0.4, 0.5) is 0 Å². The molecule has 18 heavy (non-hydrogen) atoms. The fourth-order valence-corrected chi connectivity index (χ4v) is 1.98. The predicted molar refractivity (Wildman–Crippen MR) is 70.3 cm³/mol. The second-order valence-electron chi connectivity index (χ2n) is 4.66. The lowest BCUT2D eigenvalue weighted by molar-refractivity contribution is -0.120. The molecule has 1 amide bonds. The molecule has 0 aliphatic heterocycles. The summed E-state index contributed by atoms with van der Waals surface area (Å²) in [5.74, 6) is 1.07. The summed E-state index contributed by atoms with van der Waals surface area (Å²) in [6, 6.07) is 7.09. The molecule has 0 spiro atoms. The molecule has 1 atom stereocenters. The van der Waals surface area contributed by atoms with Gasteiger partial charge in [-0.2, -0.15) is 0 Å². The Morgan fingerprint density at radius 1 is 1.50 bits per heavy atom. The maximum absolute atomic E-state index is 11.6. The van der Waals surface area contributed by atoms with Gasteiger partial charge in [-0.05, 0) is 38.3 Å². The lowest BCUT2D eigenvalue weighted by Gasteiger charge is -2.18. The van der Waals surface area contributed by atoms with Gasteiger partial charge in [0.25, 0.3) is 0 Å². The average Bonchev–Trinajstić information content (AvgIpc) is 3.15. The highest BCUT2D eigenvalue weighted by molar-refractivity contribution is 5.82. The third-order valence-corrected chi connectivity index (χ3v) is 3.12. The number of carbonyl (C=O) groups excluding carboxylic acids is 1. The zero-order chi connectivity index (χ0) is 13.0. The summed E-state index contributed by atoms with van der Waals surface area (Å²) in [6.45, 7) is 3.34. The van der Waals surface area contributed by atoms with Gasteiger partial charge < -0.3 is 15.8 Å². The predicted octanol–water partition coefficient (Wildman–Crippen LogP) is 1.61. The van der Waals surface area contributed by atoms with Crippen LogP contribution in [0.15, 0.2) is 24.3 Å². The number of carbonyl (C=O) groups is 1. The highest BCUT2D eigenvalue weighted by Gasteiger charge is 2.26. The maximum Gasteiger partial charge on any atom is 0.239 e. The molecule has 4 nitrogen and oxygen atoms in total. The molecule has 1 unspecified atom stereocenters. The van der Waals surface area contributed by atoms with Crippen LogP contribution < -0.4 is 15.8 Å². The molecule has 3 N–H and O–H groups in total. The van der Waals surface area contributed by atoms with Gasteiger partial charge in [-0.15, -0.1) is 0 Å². The molecular weight excluding hydrogens is 228 g/mol. The van der Waals surface area contributed by atoms with Crippen LogP contribution in [0.1, 0.15) is 31.4 Å². The van der Waals surface area contributed by atoms with Crippen molar-refractivity contribution in [3.63, 3.8) is 0 Å². The summed E-state index contributed by atoms with van der Waals surface area (Å²) < 4.78 is 5.54. The summed E-state index contributed by atoms with van der Waals surface area (Å²) >= 11 is 0. The molecule has 0 aromatic heterocycles. The van der Waals surface area contributed by atoms with Crippen molar-refractivity contribution in [2.24, 2.45) is 11.7 Å². The van der Waals surface area contributed by atoms with E-state index in [2.05, 4.69) is 5.32 Å². The standard InChI is InChI=1S/C14H20N2O2/c1-2-18-12-6-4-3-5-11(12)13(14(15)17)16-9-10-7-8-10/h3-6,10,13,16H,2,7-9H2,1H3,(H2,15,17). The van der Waals surface area contributed by atoms with Gasteiger partial charge in [0, 0.05) is 5.56 Å². The van der Waals surface area contributed by atoms with Crippen molar-refractivity contribution >= 4 is 5.91 Å². The minimum atomic E-state index is -0.464. The molecule has 1 fully saturated rings. The molecule has 0 bridgehead atoms. The Bertz CT molecular complexity index is 416. The van der Waals surface area contributed by atoms with E-state index in [9.17, 15) is 4.79 Å². The Morgan fingerprint density at radius 2 is 2.22 bits per heavy atom. The van der Waals surface area contributed by atoms with Crippen LogP contribution in [-0.2, 0) is 4.79 Å². The monoisotopic (exact) mass is 248 g/mol. The third kappa shape index (κ3) is 3.23. The van der Waals surface area contributed by atoms with Crippen molar-refractivity contribution in [2.75, 3.05) is 13.2 Å². The first-order chi connectivity index (χ1) is 8.72. The summed E-state index contributed by atoms with van der Waals surface area (Å²) in [7, 11) is 0. The Balaban J connectivity index is 2.14. The number of nitrogens with one attached hydrogen (secondary N) is 1. The third-order valence-electron chi connectivity index (χ3n) is 3.12. The number of benzene rings is 1. The second kappa shape index (κ2) is 5.87. The summed E-state index contributed by atoms with van der Waals surface area (Å²) in [4.78, 5) is 11.6. The lowest BCUT2D eigenvalue weighted by Crippen LogP contribution is -2.35. The number of nitrogens with two attached hydrogens (primary N) is 1. The van der Waals surface area contributed by atoms with Gasteiger partial charge in [0.1, 0.15) is 11.8 Å². The molecule has 98 valence electrons.